The van der Waals surface area contributed by atoms with Crippen molar-refractivity contribution in [1.82, 2.24) is 4.90 Å². The van der Waals surface area contributed by atoms with Crippen molar-refractivity contribution in [1.29, 1.82) is 0 Å². The highest BCUT2D eigenvalue weighted by atomic mass is 19.1. The van der Waals surface area contributed by atoms with Crippen molar-refractivity contribution in [2.24, 2.45) is 11.3 Å². The highest BCUT2D eigenvalue weighted by Crippen LogP contribution is 2.51. The van der Waals surface area contributed by atoms with Gasteiger partial charge in [0.1, 0.15) is 5.82 Å². The molecule has 0 bridgehead atoms. The molecule has 22 heavy (non-hydrogen) atoms. The lowest BCUT2D eigenvalue weighted by atomic mass is 9.94. The molecule has 0 radical (unpaired) electrons. The number of likely N-dealkylation sites (tertiary alicyclic amines) is 1. The number of hydrogen-bond acceptors (Lipinski definition) is 2. The molecule has 1 aromatic carbocycles. The van der Waals surface area contributed by atoms with E-state index in [-0.39, 0.29) is 17.8 Å². The number of aliphatic carboxylic acids is 1. The molecule has 1 saturated heterocycles. The summed E-state index contributed by atoms with van der Waals surface area (Å²) in [5.74, 6) is -1.62. The molecule has 1 N–H and O–H groups in total. The van der Waals surface area contributed by atoms with Crippen LogP contribution in [-0.4, -0.2) is 34.5 Å². The van der Waals surface area contributed by atoms with Gasteiger partial charge in [0.25, 0.3) is 0 Å². The Morgan fingerprint density at radius 2 is 2.05 bits per heavy atom. The highest BCUT2D eigenvalue weighted by Gasteiger charge is 2.54. The molecule has 3 rings (SSSR count). The number of carboxylic acids is 1. The minimum absolute atomic E-state index is 0.00740. The molecule has 2 atom stereocenters. The molecule has 1 aliphatic heterocycles. The molecule has 1 saturated carbocycles. The normalized spacial score (nSPS) is 26.0. The maximum atomic E-state index is 13.8. The van der Waals surface area contributed by atoms with E-state index in [1.165, 1.54) is 6.07 Å². The molecule has 4 nitrogen and oxygen atoms in total. The summed E-state index contributed by atoms with van der Waals surface area (Å²) in [7, 11) is 0. The number of carbonyl (C=O) groups is 2. The smallest absolute Gasteiger partial charge is 0.308 e. The molecule has 1 aliphatic carbocycles. The Hall–Kier alpha value is -1.91. The maximum absolute atomic E-state index is 13.8. The Balaban J connectivity index is 1.75. The standard InChI is InChI=1S/C17H20FNO3/c1-11-13(15(20)21)6-9-19(11)16(22)17(7-8-17)10-12-4-2-3-5-14(12)18/h2-5,11,13H,6-10H2,1H3,(H,20,21). The SMILES string of the molecule is CC1C(C(=O)O)CCN1C(=O)C1(Cc2ccccc2F)CC1. The minimum Gasteiger partial charge on any atom is -0.481 e. The minimum atomic E-state index is -0.846. The van der Waals surface area contributed by atoms with Crippen LogP contribution in [0.5, 0.6) is 0 Å². The van der Waals surface area contributed by atoms with E-state index in [1.54, 1.807) is 30.0 Å². The fraction of sp³-hybridized carbons (Fsp3) is 0.529. The second kappa shape index (κ2) is 5.38. The van der Waals surface area contributed by atoms with Gasteiger partial charge in [-0.15, -0.1) is 0 Å². The molecule has 118 valence electrons. The second-order valence-electron chi connectivity index (χ2n) is 6.52. The van der Waals surface area contributed by atoms with Gasteiger partial charge in [0.05, 0.1) is 11.3 Å². The van der Waals surface area contributed by atoms with E-state index in [4.69, 9.17) is 0 Å². The van der Waals surface area contributed by atoms with E-state index in [1.807, 2.05) is 0 Å². The van der Waals surface area contributed by atoms with Crippen molar-refractivity contribution in [2.75, 3.05) is 6.54 Å². The average Bonchev–Trinajstić information content (AvgIpc) is 3.16. The molecule has 2 fully saturated rings. The molecular formula is C17H20FNO3. The van der Waals surface area contributed by atoms with Crippen LogP contribution in [-0.2, 0) is 16.0 Å². The number of nitrogens with zero attached hydrogens (tertiary/aromatic N) is 1. The number of halogens is 1. The summed E-state index contributed by atoms with van der Waals surface area (Å²) in [6.45, 7) is 2.28. The Kier molecular flexibility index (Phi) is 3.67. The fourth-order valence-corrected chi connectivity index (χ4v) is 3.48. The zero-order valence-electron chi connectivity index (χ0n) is 12.6. The summed E-state index contributed by atoms with van der Waals surface area (Å²) in [5, 5.41) is 9.19. The summed E-state index contributed by atoms with van der Waals surface area (Å²) in [6, 6.07) is 6.26. The fourth-order valence-electron chi connectivity index (χ4n) is 3.48. The largest absolute Gasteiger partial charge is 0.481 e. The van der Waals surface area contributed by atoms with Crippen molar-refractivity contribution in [3.8, 4) is 0 Å². The third-order valence-corrected chi connectivity index (χ3v) is 5.13. The number of hydrogen-bond donors (Lipinski definition) is 1. The molecule has 1 heterocycles. The molecular weight excluding hydrogens is 285 g/mol. The van der Waals surface area contributed by atoms with Crippen molar-refractivity contribution < 1.29 is 19.1 Å². The number of carboxylic acid groups (broad SMARTS) is 1. The van der Waals surface area contributed by atoms with Gasteiger partial charge in [-0.25, -0.2) is 4.39 Å². The summed E-state index contributed by atoms with van der Waals surface area (Å²) >= 11 is 0. The molecule has 1 aromatic rings. The number of amides is 1. The zero-order chi connectivity index (χ0) is 15.9. The monoisotopic (exact) mass is 305 g/mol. The quantitative estimate of drug-likeness (QED) is 0.929. The van der Waals surface area contributed by atoms with Crippen LogP contribution >= 0.6 is 0 Å². The Morgan fingerprint density at radius 3 is 2.59 bits per heavy atom. The van der Waals surface area contributed by atoms with Gasteiger partial charge in [0, 0.05) is 12.6 Å². The first-order valence-electron chi connectivity index (χ1n) is 7.72. The van der Waals surface area contributed by atoms with Gasteiger partial charge >= 0.3 is 5.97 Å². The maximum Gasteiger partial charge on any atom is 0.308 e. The molecule has 2 unspecified atom stereocenters. The van der Waals surface area contributed by atoms with E-state index in [2.05, 4.69) is 0 Å². The molecule has 0 spiro atoms. The van der Waals surface area contributed by atoms with Crippen LogP contribution in [0.2, 0.25) is 0 Å². The first-order valence-corrected chi connectivity index (χ1v) is 7.72. The molecule has 0 aromatic heterocycles. The van der Waals surface area contributed by atoms with E-state index in [9.17, 15) is 19.1 Å². The lowest BCUT2D eigenvalue weighted by Gasteiger charge is -2.28. The topological polar surface area (TPSA) is 57.6 Å². The van der Waals surface area contributed by atoms with Gasteiger partial charge in [-0.3, -0.25) is 9.59 Å². The van der Waals surface area contributed by atoms with E-state index in [0.29, 0.717) is 24.9 Å². The van der Waals surface area contributed by atoms with E-state index >= 15 is 0 Å². The number of benzene rings is 1. The van der Waals surface area contributed by atoms with Crippen molar-refractivity contribution in [3.63, 3.8) is 0 Å². The lowest BCUT2D eigenvalue weighted by molar-refractivity contribution is -0.144. The zero-order valence-corrected chi connectivity index (χ0v) is 12.6. The van der Waals surface area contributed by atoms with Gasteiger partial charge in [0.2, 0.25) is 5.91 Å². The van der Waals surface area contributed by atoms with E-state index in [0.717, 1.165) is 12.8 Å². The summed E-state index contributed by atoms with van der Waals surface area (Å²) in [6.07, 6.45) is 2.40. The third kappa shape index (κ3) is 2.49. The Labute approximate surface area is 128 Å². The van der Waals surface area contributed by atoms with Crippen LogP contribution in [0, 0.1) is 17.2 Å². The van der Waals surface area contributed by atoms with Gasteiger partial charge in [0.15, 0.2) is 0 Å². The molecule has 5 heteroatoms. The van der Waals surface area contributed by atoms with Crippen LogP contribution in [0.1, 0.15) is 31.7 Å². The van der Waals surface area contributed by atoms with Crippen LogP contribution in [0.4, 0.5) is 4.39 Å². The van der Waals surface area contributed by atoms with Crippen LogP contribution in [0.25, 0.3) is 0 Å². The van der Waals surface area contributed by atoms with E-state index < -0.39 is 17.3 Å². The van der Waals surface area contributed by atoms with Crippen LogP contribution in [0.15, 0.2) is 24.3 Å². The van der Waals surface area contributed by atoms with Gasteiger partial charge in [-0.2, -0.15) is 0 Å². The van der Waals surface area contributed by atoms with Crippen molar-refractivity contribution in [3.05, 3.63) is 35.6 Å². The summed E-state index contributed by atoms with van der Waals surface area (Å²) in [5.41, 5.74) is 0.0408. The highest BCUT2D eigenvalue weighted by molar-refractivity contribution is 5.87. The first-order chi connectivity index (χ1) is 10.4. The average molecular weight is 305 g/mol. The summed E-state index contributed by atoms with van der Waals surface area (Å²) in [4.78, 5) is 25.7. The van der Waals surface area contributed by atoms with Crippen LogP contribution in [0.3, 0.4) is 0 Å². The lowest BCUT2D eigenvalue weighted by Crippen LogP contribution is -2.42. The predicted octanol–water partition coefficient (Wildman–Crippen LogP) is 2.47. The van der Waals surface area contributed by atoms with Crippen molar-refractivity contribution >= 4 is 11.9 Å². The van der Waals surface area contributed by atoms with Gasteiger partial charge in [-0.1, -0.05) is 18.2 Å². The van der Waals surface area contributed by atoms with Crippen molar-refractivity contribution in [2.45, 2.75) is 38.6 Å². The molecule has 2 aliphatic rings. The number of carbonyl (C=O) groups excluding carboxylic acids is 1. The summed E-state index contributed by atoms with van der Waals surface area (Å²) < 4.78 is 13.8. The van der Waals surface area contributed by atoms with Crippen LogP contribution < -0.4 is 0 Å². The Bertz CT molecular complexity index is 612. The predicted molar refractivity (Wildman–Crippen MR) is 78.7 cm³/mol. The third-order valence-electron chi connectivity index (χ3n) is 5.13. The number of rotatable bonds is 4. The first kappa shape index (κ1) is 15.0. The Morgan fingerprint density at radius 1 is 1.36 bits per heavy atom. The molecule has 1 amide bonds. The van der Waals surface area contributed by atoms with Gasteiger partial charge in [-0.05, 0) is 44.2 Å². The van der Waals surface area contributed by atoms with Gasteiger partial charge < -0.3 is 10.0 Å². The second-order valence-corrected chi connectivity index (χ2v) is 6.52.